The molecular formula is C19H13ClN2O6. The molecule has 1 N–H and O–H groups in total. The number of amides is 1. The van der Waals surface area contributed by atoms with Gasteiger partial charge in [0.2, 0.25) is 0 Å². The van der Waals surface area contributed by atoms with Crippen LogP contribution in [-0.4, -0.2) is 16.8 Å². The standard InChI is InChI=1S/C19H13ClN2O6/c20-16-10-15(22(25)26)7-6-13(16)11-28-19(24)12-3-1-4-14(9-12)21-18(23)17-5-2-8-27-17/h1-10H,11H2,(H,21,23). The van der Waals surface area contributed by atoms with E-state index in [4.69, 9.17) is 20.8 Å². The van der Waals surface area contributed by atoms with E-state index >= 15 is 0 Å². The van der Waals surface area contributed by atoms with Gasteiger partial charge in [-0.25, -0.2) is 4.79 Å². The van der Waals surface area contributed by atoms with Gasteiger partial charge in [-0.3, -0.25) is 14.9 Å². The molecule has 0 radical (unpaired) electrons. The zero-order valence-electron chi connectivity index (χ0n) is 14.3. The smallest absolute Gasteiger partial charge is 0.338 e. The number of carbonyl (C=O) groups is 2. The highest BCUT2D eigenvalue weighted by Gasteiger charge is 2.14. The van der Waals surface area contributed by atoms with Gasteiger partial charge in [0.15, 0.2) is 5.76 Å². The van der Waals surface area contributed by atoms with Crippen molar-refractivity contribution in [1.29, 1.82) is 0 Å². The summed E-state index contributed by atoms with van der Waals surface area (Å²) < 4.78 is 10.2. The van der Waals surface area contributed by atoms with E-state index in [1.165, 1.54) is 42.7 Å². The molecule has 0 aliphatic carbocycles. The number of esters is 1. The lowest BCUT2D eigenvalue weighted by atomic mass is 10.2. The summed E-state index contributed by atoms with van der Waals surface area (Å²) in [6, 6.07) is 13.2. The van der Waals surface area contributed by atoms with Crippen LogP contribution in [-0.2, 0) is 11.3 Å². The highest BCUT2D eigenvalue weighted by molar-refractivity contribution is 6.31. The second-order valence-corrected chi connectivity index (χ2v) is 6.03. The van der Waals surface area contributed by atoms with E-state index in [2.05, 4.69) is 5.32 Å². The van der Waals surface area contributed by atoms with Gasteiger partial charge in [0.1, 0.15) is 6.61 Å². The molecule has 3 rings (SSSR count). The van der Waals surface area contributed by atoms with E-state index < -0.39 is 16.8 Å². The minimum atomic E-state index is -0.636. The third kappa shape index (κ3) is 4.54. The lowest BCUT2D eigenvalue weighted by Crippen LogP contribution is -2.12. The van der Waals surface area contributed by atoms with E-state index in [1.54, 1.807) is 18.2 Å². The Labute approximate surface area is 163 Å². The molecule has 1 aromatic heterocycles. The van der Waals surface area contributed by atoms with Crippen molar-refractivity contribution in [3.63, 3.8) is 0 Å². The molecule has 0 fully saturated rings. The molecule has 1 amide bonds. The Kier molecular flexibility index (Phi) is 5.71. The Morgan fingerprint density at radius 1 is 1.14 bits per heavy atom. The van der Waals surface area contributed by atoms with Crippen molar-refractivity contribution in [2.24, 2.45) is 0 Å². The molecule has 0 atom stereocenters. The van der Waals surface area contributed by atoms with Gasteiger partial charge in [0.25, 0.3) is 11.6 Å². The first-order valence-corrected chi connectivity index (χ1v) is 8.36. The predicted molar refractivity (Wildman–Crippen MR) is 100 cm³/mol. The first-order valence-electron chi connectivity index (χ1n) is 7.99. The van der Waals surface area contributed by atoms with E-state index in [9.17, 15) is 19.7 Å². The lowest BCUT2D eigenvalue weighted by molar-refractivity contribution is -0.384. The number of benzene rings is 2. The van der Waals surface area contributed by atoms with Crippen molar-refractivity contribution in [3.05, 3.63) is 92.9 Å². The largest absolute Gasteiger partial charge is 0.459 e. The van der Waals surface area contributed by atoms with Crippen LogP contribution in [0, 0.1) is 10.1 Å². The van der Waals surface area contributed by atoms with Crippen LogP contribution in [0.25, 0.3) is 0 Å². The maximum absolute atomic E-state index is 12.3. The van der Waals surface area contributed by atoms with Crippen LogP contribution >= 0.6 is 11.6 Å². The molecule has 8 nitrogen and oxygen atoms in total. The summed E-state index contributed by atoms with van der Waals surface area (Å²) in [5.74, 6) is -0.947. The summed E-state index contributed by atoms with van der Waals surface area (Å²) >= 11 is 5.98. The van der Waals surface area contributed by atoms with Crippen molar-refractivity contribution in [2.75, 3.05) is 5.32 Å². The maximum Gasteiger partial charge on any atom is 0.338 e. The third-order valence-corrected chi connectivity index (χ3v) is 4.06. The first kappa shape index (κ1) is 19.1. The minimum Gasteiger partial charge on any atom is -0.459 e. The van der Waals surface area contributed by atoms with Gasteiger partial charge in [-0.15, -0.1) is 0 Å². The number of anilines is 1. The van der Waals surface area contributed by atoms with E-state index in [1.807, 2.05) is 0 Å². The van der Waals surface area contributed by atoms with Crippen LogP contribution < -0.4 is 5.32 Å². The monoisotopic (exact) mass is 400 g/mol. The summed E-state index contributed by atoms with van der Waals surface area (Å²) in [7, 11) is 0. The molecule has 9 heteroatoms. The zero-order valence-corrected chi connectivity index (χ0v) is 15.0. The zero-order chi connectivity index (χ0) is 20.1. The second-order valence-electron chi connectivity index (χ2n) is 5.62. The quantitative estimate of drug-likeness (QED) is 0.371. The molecule has 0 spiro atoms. The van der Waals surface area contributed by atoms with Crippen LogP contribution in [0.4, 0.5) is 11.4 Å². The van der Waals surface area contributed by atoms with Crippen molar-refractivity contribution < 1.29 is 23.7 Å². The van der Waals surface area contributed by atoms with Gasteiger partial charge in [-0.05, 0) is 36.4 Å². The van der Waals surface area contributed by atoms with Gasteiger partial charge in [0.05, 0.1) is 21.8 Å². The SMILES string of the molecule is O=C(OCc1ccc([N+](=O)[O-])cc1Cl)c1cccc(NC(=O)c2ccco2)c1. The van der Waals surface area contributed by atoms with Crippen molar-refractivity contribution in [3.8, 4) is 0 Å². The number of nitro groups is 1. The Balaban J connectivity index is 1.65. The molecule has 0 aliphatic rings. The average Bonchev–Trinajstić information content (AvgIpc) is 3.22. The summed E-state index contributed by atoms with van der Waals surface area (Å²) in [4.78, 5) is 34.4. The van der Waals surface area contributed by atoms with Gasteiger partial charge < -0.3 is 14.5 Å². The second kappa shape index (κ2) is 8.36. The predicted octanol–water partition coefficient (Wildman–Crippen LogP) is 4.45. The molecule has 3 aromatic rings. The topological polar surface area (TPSA) is 112 Å². The molecule has 0 saturated heterocycles. The Morgan fingerprint density at radius 2 is 1.96 bits per heavy atom. The van der Waals surface area contributed by atoms with Crippen molar-refractivity contribution in [2.45, 2.75) is 6.61 Å². The number of furan rings is 1. The van der Waals surface area contributed by atoms with Gasteiger partial charge in [-0.1, -0.05) is 17.7 Å². The Bertz CT molecular complexity index is 1030. The average molecular weight is 401 g/mol. The fraction of sp³-hybridized carbons (Fsp3) is 0.0526. The summed E-state index contributed by atoms with van der Waals surface area (Å²) in [6.45, 7) is -0.154. The molecule has 28 heavy (non-hydrogen) atoms. The van der Waals surface area contributed by atoms with Gasteiger partial charge in [0, 0.05) is 23.4 Å². The number of hydrogen-bond acceptors (Lipinski definition) is 6. The summed E-state index contributed by atoms with van der Waals surface area (Å²) in [6.07, 6.45) is 1.38. The summed E-state index contributed by atoms with van der Waals surface area (Å²) in [5, 5.41) is 13.5. The van der Waals surface area contributed by atoms with Crippen molar-refractivity contribution in [1.82, 2.24) is 0 Å². The van der Waals surface area contributed by atoms with E-state index in [0.717, 1.165) is 0 Å². The van der Waals surface area contributed by atoms with Crippen LogP contribution in [0.2, 0.25) is 5.02 Å². The number of nitrogens with zero attached hydrogens (tertiary/aromatic N) is 1. The van der Waals surface area contributed by atoms with E-state index in [0.29, 0.717) is 11.3 Å². The number of nitro benzene ring substituents is 1. The fourth-order valence-corrected chi connectivity index (χ4v) is 2.55. The molecule has 0 aliphatic heterocycles. The van der Waals surface area contributed by atoms with Crippen LogP contribution in [0.1, 0.15) is 26.5 Å². The number of rotatable bonds is 6. The molecular weight excluding hydrogens is 388 g/mol. The first-order chi connectivity index (χ1) is 13.4. The highest BCUT2D eigenvalue weighted by Crippen LogP contribution is 2.23. The molecule has 1 heterocycles. The summed E-state index contributed by atoms with van der Waals surface area (Å²) in [5.41, 5.74) is 0.891. The normalized spacial score (nSPS) is 10.3. The number of ether oxygens (including phenoxy) is 1. The molecule has 0 saturated carbocycles. The molecule has 2 aromatic carbocycles. The Morgan fingerprint density at radius 3 is 2.64 bits per heavy atom. The molecule has 0 unspecified atom stereocenters. The molecule has 0 bridgehead atoms. The lowest BCUT2D eigenvalue weighted by Gasteiger charge is -2.08. The van der Waals surface area contributed by atoms with Gasteiger partial charge in [-0.2, -0.15) is 0 Å². The maximum atomic E-state index is 12.3. The third-order valence-electron chi connectivity index (χ3n) is 3.71. The number of non-ortho nitro benzene ring substituents is 1. The fourth-order valence-electron chi connectivity index (χ4n) is 2.32. The molecule has 142 valence electrons. The minimum absolute atomic E-state index is 0.126. The van der Waals surface area contributed by atoms with Crippen molar-refractivity contribution >= 4 is 34.9 Å². The van der Waals surface area contributed by atoms with E-state index in [-0.39, 0.29) is 28.6 Å². The highest BCUT2D eigenvalue weighted by atomic mass is 35.5. The van der Waals surface area contributed by atoms with Gasteiger partial charge >= 0.3 is 5.97 Å². The number of halogens is 1. The van der Waals surface area contributed by atoms with Crippen LogP contribution in [0.15, 0.2) is 65.3 Å². The number of nitrogens with one attached hydrogen (secondary N) is 1. The Hall–Kier alpha value is -3.65. The van der Waals surface area contributed by atoms with Crippen LogP contribution in [0.5, 0.6) is 0 Å². The number of hydrogen-bond donors (Lipinski definition) is 1. The van der Waals surface area contributed by atoms with Crippen LogP contribution in [0.3, 0.4) is 0 Å². The number of carbonyl (C=O) groups excluding carboxylic acids is 2.